The largest absolute Gasteiger partial charge is 0.306 e. The van der Waals surface area contributed by atoms with Crippen LogP contribution >= 0.6 is 0 Å². The summed E-state index contributed by atoms with van der Waals surface area (Å²) in [7, 11) is -0.633. The van der Waals surface area contributed by atoms with Crippen LogP contribution in [-0.4, -0.2) is 45.5 Å². The number of rotatable bonds is 3. The van der Waals surface area contributed by atoms with E-state index in [1.54, 1.807) is 0 Å². The lowest BCUT2D eigenvalue weighted by molar-refractivity contribution is 0.216. The number of hydrogen-bond donors (Lipinski definition) is 0. The molecule has 3 nitrogen and oxygen atoms in total. The Bertz CT molecular complexity index is 240. The van der Waals surface area contributed by atoms with E-state index in [9.17, 15) is 8.42 Å². The van der Waals surface area contributed by atoms with E-state index in [4.69, 9.17) is 0 Å². The average Bonchev–Trinajstić information content (AvgIpc) is 2.02. The van der Waals surface area contributed by atoms with Gasteiger partial charge in [0.1, 0.15) is 9.84 Å². The highest BCUT2D eigenvalue weighted by molar-refractivity contribution is 7.90. The fourth-order valence-corrected chi connectivity index (χ4v) is 2.49. The van der Waals surface area contributed by atoms with Gasteiger partial charge in [-0.15, -0.1) is 0 Å². The van der Waals surface area contributed by atoms with Crippen LogP contribution in [0, 0.1) is 5.92 Å². The van der Waals surface area contributed by atoms with E-state index < -0.39 is 9.84 Å². The fraction of sp³-hybridized carbons (Fsp3) is 1.00. The van der Waals surface area contributed by atoms with Crippen LogP contribution in [0.5, 0.6) is 0 Å². The first-order chi connectivity index (χ1) is 5.97. The summed E-state index contributed by atoms with van der Waals surface area (Å²) in [4.78, 5) is 2.30. The molecule has 0 radical (unpaired) electrons. The van der Waals surface area contributed by atoms with Crippen LogP contribution in [0.2, 0.25) is 0 Å². The molecule has 0 amide bonds. The van der Waals surface area contributed by atoms with E-state index in [-0.39, 0.29) is 0 Å². The van der Waals surface area contributed by atoms with Crippen molar-refractivity contribution in [1.82, 2.24) is 4.90 Å². The number of piperidine rings is 1. The number of hydrogen-bond acceptors (Lipinski definition) is 3. The van der Waals surface area contributed by atoms with Crippen LogP contribution in [0.3, 0.4) is 0 Å². The molecule has 1 aliphatic rings. The summed E-state index contributed by atoms with van der Waals surface area (Å²) >= 11 is 0. The molecule has 0 unspecified atom stereocenters. The fourth-order valence-electron chi connectivity index (χ4n) is 1.73. The van der Waals surface area contributed by atoms with Gasteiger partial charge in [0.25, 0.3) is 0 Å². The van der Waals surface area contributed by atoms with Crippen LogP contribution in [0.15, 0.2) is 0 Å². The van der Waals surface area contributed by atoms with Gasteiger partial charge in [0.15, 0.2) is 0 Å². The van der Waals surface area contributed by atoms with E-state index in [1.807, 2.05) is 0 Å². The first kappa shape index (κ1) is 11.0. The maximum Gasteiger partial charge on any atom is 0.147 e. The van der Waals surface area contributed by atoms with Gasteiger partial charge in [-0.1, -0.05) is 0 Å². The van der Waals surface area contributed by atoms with E-state index in [0.717, 1.165) is 32.4 Å². The summed E-state index contributed by atoms with van der Waals surface area (Å²) < 4.78 is 21.9. The maximum absolute atomic E-state index is 10.9. The van der Waals surface area contributed by atoms with Gasteiger partial charge in [-0.25, -0.2) is 8.42 Å². The number of sulfone groups is 1. The molecule has 0 aromatic carbocycles. The number of nitrogens with zero attached hydrogens (tertiary/aromatic N) is 1. The van der Waals surface area contributed by atoms with Crippen LogP contribution < -0.4 is 0 Å². The maximum atomic E-state index is 10.9. The Morgan fingerprint density at radius 1 is 1.31 bits per heavy atom. The van der Waals surface area contributed by atoms with Gasteiger partial charge in [0.2, 0.25) is 0 Å². The molecule has 0 bridgehead atoms. The highest BCUT2D eigenvalue weighted by atomic mass is 32.2. The van der Waals surface area contributed by atoms with E-state index in [1.165, 1.54) is 6.26 Å². The van der Waals surface area contributed by atoms with Crippen LogP contribution in [0.25, 0.3) is 0 Å². The Kier molecular flexibility index (Phi) is 3.74. The molecule has 1 aliphatic heterocycles. The predicted octanol–water partition coefficient (Wildman–Crippen LogP) is 0.763. The lowest BCUT2D eigenvalue weighted by Gasteiger charge is -2.28. The zero-order valence-electron chi connectivity index (χ0n) is 8.49. The summed E-state index contributed by atoms with van der Waals surface area (Å²) in [6.07, 6.45) is 4.49. The Morgan fingerprint density at radius 2 is 1.85 bits per heavy atom. The molecule has 1 fully saturated rings. The zero-order chi connectivity index (χ0) is 9.90. The molecule has 0 aromatic rings. The standard InChI is InChI=1S/C9H19NO2S/c1-10-6-3-9(4-7-10)5-8-13(2,11)12/h9H,3-8H2,1-2H3. The minimum absolute atomic E-state index is 0.362. The second kappa shape index (κ2) is 4.42. The smallest absolute Gasteiger partial charge is 0.147 e. The summed E-state index contributed by atoms with van der Waals surface area (Å²) in [6, 6.07) is 0. The lowest BCUT2D eigenvalue weighted by Crippen LogP contribution is -2.30. The van der Waals surface area contributed by atoms with Gasteiger partial charge in [-0.05, 0) is 45.3 Å². The molecular formula is C9H19NO2S. The lowest BCUT2D eigenvalue weighted by atomic mass is 9.95. The van der Waals surface area contributed by atoms with E-state index in [0.29, 0.717) is 11.7 Å². The van der Waals surface area contributed by atoms with Crippen LogP contribution in [0.4, 0.5) is 0 Å². The third-order valence-electron chi connectivity index (χ3n) is 2.74. The second-order valence-corrected chi connectivity index (χ2v) is 6.42. The molecule has 1 saturated heterocycles. The molecule has 0 saturated carbocycles. The van der Waals surface area contributed by atoms with Crippen LogP contribution in [-0.2, 0) is 9.84 Å². The molecule has 13 heavy (non-hydrogen) atoms. The molecule has 78 valence electrons. The summed E-state index contributed by atoms with van der Waals surface area (Å²) in [5, 5.41) is 0. The third kappa shape index (κ3) is 4.62. The topological polar surface area (TPSA) is 37.4 Å². The summed E-state index contributed by atoms with van der Waals surface area (Å²) in [5.74, 6) is 0.993. The van der Waals surface area contributed by atoms with Gasteiger partial charge >= 0.3 is 0 Å². The molecule has 1 heterocycles. The van der Waals surface area contributed by atoms with Gasteiger partial charge in [0, 0.05) is 6.26 Å². The molecule has 0 aromatic heterocycles. The van der Waals surface area contributed by atoms with Crippen molar-refractivity contribution in [2.45, 2.75) is 19.3 Å². The van der Waals surface area contributed by atoms with Gasteiger partial charge in [-0.3, -0.25) is 0 Å². The molecule has 0 spiro atoms. The predicted molar refractivity (Wildman–Crippen MR) is 54.5 cm³/mol. The average molecular weight is 205 g/mol. The highest BCUT2D eigenvalue weighted by Gasteiger charge is 2.17. The van der Waals surface area contributed by atoms with Crippen molar-refractivity contribution in [3.8, 4) is 0 Å². The molecule has 4 heteroatoms. The summed E-state index contributed by atoms with van der Waals surface area (Å²) in [6.45, 7) is 2.24. The van der Waals surface area contributed by atoms with Crippen molar-refractivity contribution in [3.63, 3.8) is 0 Å². The molecule has 1 rings (SSSR count). The Hall–Kier alpha value is -0.0900. The van der Waals surface area contributed by atoms with Gasteiger partial charge in [0.05, 0.1) is 5.75 Å². The Balaban J connectivity index is 2.24. The monoisotopic (exact) mass is 205 g/mol. The molecule has 0 N–H and O–H groups in total. The molecular weight excluding hydrogens is 186 g/mol. The minimum atomic E-state index is -2.75. The second-order valence-electron chi connectivity index (χ2n) is 4.17. The molecule has 0 aliphatic carbocycles. The Labute approximate surface area is 81.0 Å². The number of likely N-dealkylation sites (tertiary alicyclic amines) is 1. The molecule has 0 atom stereocenters. The van der Waals surface area contributed by atoms with Crippen molar-refractivity contribution in [1.29, 1.82) is 0 Å². The third-order valence-corrected chi connectivity index (χ3v) is 3.71. The van der Waals surface area contributed by atoms with Crippen molar-refractivity contribution in [2.24, 2.45) is 5.92 Å². The van der Waals surface area contributed by atoms with Crippen LogP contribution in [0.1, 0.15) is 19.3 Å². The van der Waals surface area contributed by atoms with Crippen molar-refractivity contribution in [3.05, 3.63) is 0 Å². The highest BCUT2D eigenvalue weighted by Crippen LogP contribution is 2.19. The zero-order valence-corrected chi connectivity index (χ0v) is 9.31. The first-order valence-corrected chi connectivity index (χ1v) is 6.90. The van der Waals surface area contributed by atoms with Crippen molar-refractivity contribution >= 4 is 9.84 Å². The van der Waals surface area contributed by atoms with Crippen molar-refractivity contribution < 1.29 is 8.42 Å². The van der Waals surface area contributed by atoms with E-state index >= 15 is 0 Å². The normalized spacial score (nSPS) is 22.0. The Morgan fingerprint density at radius 3 is 2.31 bits per heavy atom. The minimum Gasteiger partial charge on any atom is -0.306 e. The van der Waals surface area contributed by atoms with Crippen molar-refractivity contribution in [2.75, 3.05) is 32.1 Å². The van der Waals surface area contributed by atoms with Gasteiger partial charge in [-0.2, -0.15) is 0 Å². The van der Waals surface area contributed by atoms with E-state index in [2.05, 4.69) is 11.9 Å². The summed E-state index contributed by atoms with van der Waals surface area (Å²) in [5.41, 5.74) is 0. The first-order valence-electron chi connectivity index (χ1n) is 4.83. The SMILES string of the molecule is CN1CCC(CCS(C)(=O)=O)CC1. The quantitative estimate of drug-likeness (QED) is 0.683. The van der Waals surface area contributed by atoms with Gasteiger partial charge < -0.3 is 4.90 Å².